The number of ether oxygens (including phenoxy) is 2. The number of phenolic OH excluding ortho intramolecular Hbond substituents is 1. The van der Waals surface area contributed by atoms with Crippen molar-refractivity contribution in [1.82, 2.24) is 10.4 Å². The van der Waals surface area contributed by atoms with Crippen molar-refractivity contribution >= 4 is 39.0 Å². The normalized spacial score (nSPS) is 11.0. The molecule has 3 aromatic carbocycles. The van der Waals surface area contributed by atoms with Crippen LogP contribution >= 0.6 is 15.9 Å². The van der Waals surface area contributed by atoms with Crippen molar-refractivity contribution in [3.05, 3.63) is 82.3 Å². The Labute approximate surface area is 198 Å². The molecule has 0 aliphatic rings. The molecule has 0 saturated heterocycles. The van der Waals surface area contributed by atoms with E-state index in [4.69, 9.17) is 14.5 Å². The van der Waals surface area contributed by atoms with Gasteiger partial charge in [0.1, 0.15) is 5.75 Å². The first-order valence-electron chi connectivity index (χ1n) is 9.94. The van der Waals surface area contributed by atoms with Crippen LogP contribution in [0.25, 0.3) is 22.2 Å². The fourth-order valence-electron chi connectivity index (χ4n) is 3.33. The Bertz CT molecular complexity index is 1360. The predicted molar refractivity (Wildman–Crippen MR) is 131 cm³/mol. The summed E-state index contributed by atoms with van der Waals surface area (Å²) in [6.45, 7) is 0. The van der Waals surface area contributed by atoms with Crippen LogP contribution in [0.4, 0.5) is 0 Å². The molecule has 0 fully saturated rings. The average molecular weight is 506 g/mol. The molecule has 8 heteroatoms. The lowest BCUT2D eigenvalue weighted by Gasteiger charge is -2.10. The van der Waals surface area contributed by atoms with Gasteiger partial charge in [-0.1, -0.05) is 30.3 Å². The number of rotatable bonds is 6. The van der Waals surface area contributed by atoms with E-state index < -0.39 is 5.91 Å². The molecular weight excluding hydrogens is 486 g/mol. The second-order valence-corrected chi connectivity index (χ2v) is 7.91. The van der Waals surface area contributed by atoms with Crippen LogP contribution in [0.1, 0.15) is 15.9 Å². The number of hydrazone groups is 1. The lowest BCUT2D eigenvalue weighted by atomic mass is 10.0. The van der Waals surface area contributed by atoms with Crippen LogP contribution in [0.2, 0.25) is 0 Å². The van der Waals surface area contributed by atoms with Crippen molar-refractivity contribution in [3.63, 3.8) is 0 Å². The molecule has 0 spiro atoms. The Morgan fingerprint density at radius 3 is 2.58 bits per heavy atom. The molecule has 0 aliphatic carbocycles. The fourth-order valence-corrected chi connectivity index (χ4v) is 3.79. The van der Waals surface area contributed by atoms with Crippen LogP contribution in [0.15, 0.2) is 76.3 Å². The van der Waals surface area contributed by atoms with Crippen molar-refractivity contribution in [2.24, 2.45) is 5.10 Å². The number of nitrogens with zero attached hydrogens (tertiary/aromatic N) is 2. The number of hydrogen-bond acceptors (Lipinski definition) is 6. The van der Waals surface area contributed by atoms with Crippen molar-refractivity contribution in [1.29, 1.82) is 0 Å². The highest BCUT2D eigenvalue weighted by molar-refractivity contribution is 9.10. The molecule has 0 unspecified atom stereocenters. The number of halogens is 1. The van der Waals surface area contributed by atoms with E-state index in [1.54, 1.807) is 37.4 Å². The van der Waals surface area contributed by atoms with Gasteiger partial charge in [-0.2, -0.15) is 5.10 Å². The number of amides is 1. The number of hydrogen-bond donors (Lipinski definition) is 2. The lowest BCUT2D eigenvalue weighted by Crippen LogP contribution is -2.18. The number of benzene rings is 3. The number of carbonyl (C=O) groups is 1. The summed E-state index contributed by atoms with van der Waals surface area (Å²) in [5.41, 5.74) is 5.85. The number of fused-ring (bicyclic) bond motifs is 1. The third kappa shape index (κ3) is 4.80. The molecule has 0 atom stereocenters. The number of pyridine rings is 1. The van der Waals surface area contributed by atoms with Gasteiger partial charge in [-0.25, -0.2) is 10.4 Å². The highest BCUT2D eigenvalue weighted by Gasteiger charge is 2.15. The summed E-state index contributed by atoms with van der Waals surface area (Å²) in [6.07, 6.45) is 1.46. The Kier molecular flexibility index (Phi) is 6.55. The highest BCUT2D eigenvalue weighted by Crippen LogP contribution is 2.34. The van der Waals surface area contributed by atoms with E-state index in [0.29, 0.717) is 37.9 Å². The van der Waals surface area contributed by atoms with E-state index in [2.05, 4.69) is 26.5 Å². The van der Waals surface area contributed by atoms with Gasteiger partial charge in [0.2, 0.25) is 0 Å². The fraction of sp³-hybridized carbons (Fsp3) is 0.0800. The van der Waals surface area contributed by atoms with Crippen LogP contribution < -0.4 is 14.9 Å². The number of nitrogens with one attached hydrogen (secondary N) is 1. The first-order chi connectivity index (χ1) is 16.0. The SMILES string of the molecule is COc1ccc2nc(-c3ccccc3)cc(C(=O)NN=Cc3cc(Br)c(O)c(OC)c3)c2c1. The van der Waals surface area contributed by atoms with Gasteiger partial charge < -0.3 is 14.6 Å². The summed E-state index contributed by atoms with van der Waals surface area (Å²) in [7, 11) is 3.03. The number of aromatic hydroxyl groups is 1. The van der Waals surface area contributed by atoms with Gasteiger partial charge >= 0.3 is 0 Å². The molecular formula is C25H20BrN3O4. The molecule has 33 heavy (non-hydrogen) atoms. The maximum atomic E-state index is 13.1. The minimum absolute atomic E-state index is 0.00988. The van der Waals surface area contributed by atoms with Gasteiger partial charge in [-0.15, -0.1) is 0 Å². The van der Waals surface area contributed by atoms with E-state index in [9.17, 15) is 9.90 Å². The number of phenols is 1. The molecule has 0 radical (unpaired) electrons. The summed E-state index contributed by atoms with van der Waals surface area (Å²) in [5.74, 6) is 0.505. The number of methoxy groups -OCH3 is 2. The van der Waals surface area contributed by atoms with Gasteiger partial charge in [0.05, 0.1) is 41.7 Å². The first kappa shape index (κ1) is 22.3. The Morgan fingerprint density at radius 2 is 1.85 bits per heavy atom. The van der Waals surface area contributed by atoms with Crippen molar-refractivity contribution in [3.8, 4) is 28.5 Å². The number of carbonyl (C=O) groups excluding carboxylic acids is 1. The Hall–Kier alpha value is -3.91. The molecule has 4 aromatic rings. The summed E-state index contributed by atoms with van der Waals surface area (Å²) in [5, 5.41) is 14.7. The molecule has 2 N–H and O–H groups in total. The zero-order chi connectivity index (χ0) is 23.4. The summed E-state index contributed by atoms with van der Waals surface area (Å²) in [6, 6.07) is 20.0. The molecule has 0 saturated carbocycles. The molecule has 1 amide bonds. The maximum absolute atomic E-state index is 13.1. The second-order valence-electron chi connectivity index (χ2n) is 7.06. The van der Waals surface area contributed by atoms with E-state index >= 15 is 0 Å². The topological polar surface area (TPSA) is 93.0 Å². The van der Waals surface area contributed by atoms with Crippen LogP contribution in [0.3, 0.4) is 0 Å². The zero-order valence-electron chi connectivity index (χ0n) is 17.9. The molecule has 0 aliphatic heterocycles. The van der Waals surface area contributed by atoms with E-state index in [1.807, 2.05) is 36.4 Å². The molecule has 1 aromatic heterocycles. The second kappa shape index (κ2) is 9.70. The largest absolute Gasteiger partial charge is 0.503 e. The Morgan fingerprint density at radius 1 is 1.06 bits per heavy atom. The van der Waals surface area contributed by atoms with Crippen LogP contribution in [0.5, 0.6) is 17.2 Å². The van der Waals surface area contributed by atoms with Crippen LogP contribution in [-0.2, 0) is 0 Å². The minimum atomic E-state index is -0.395. The number of aromatic nitrogens is 1. The third-order valence-electron chi connectivity index (χ3n) is 4.98. The third-order valence-corrected chi connectivity index (χ3v) is 5.58. The molecule has 0 bridgehead atoms. The van der Waals surface area contributed by atoms with Gasteiger partial charge in [-0.05, 0) is 57.9 Å². The van der Waals surface area contributed by atoms with Gasteiger partial charge in [0.15, 0.2) is 11.5 Å². The quantitative estimate of drug-likeness (QED) is 0.279. The maximum Gasteiger partial charge on any atom is 0.272 e. The molecule has 7 nitrogen and oxygen atoms in total. The first-order valence-corrected chi connectivity index (χ1v) is 10.7. The standard InChI is InChI=1S/C25H20BrN3O4/c1-32-17-8-9-21-18(12-17)19(13-22(28-21)16-6-4-3-5-7-16)25(31)29-27-14-15-10-20(26)24(30)23(11-15)33-2/h3-14,30H,1-2H3,(H,29,31). The lowest BCUT2D eigenvalue weighted by molar-refractivity contribution is 0.0956. The summed E-state index contributed by atoms with van der Waals surface area (Å²) in [4.78, 5) is 17.8. The molecule has 4 rings (SSSR count). The van der Waals surface area contributed by atoms with Crippen molar-refractivity contribution < 1.29 is 19.4 Å². The van der Waals surface area contributed by atoms with Gasteiger partial charge in [0, 0.05) is 10.9 Å². The highest BCUT2D eigenvalue weighted by atomic mass is 79.9. The molecule has 166 valence electrons. The van der Waals surface area contributed by atoms with E-state index in [0.717, 1.165) is 5.56 Å². The van der Waals surface area contributed by atoms with E-state index in [-0.39, 0.29) is 11.5 Å². The predicted octanol–water partition coefficient (Wildman–Crippen LogP) is 5.15. The van der Waals surface area contributed by atoms with Gasteiger partial charge in [-0.3, -0.25) is 4.79 Å². The zero-order valence-corrected chi connectivity index (χ0v) is 19.5. The van der Waals surface area contributed by atoms with Crippen LogP contribution in [-0.4, -0.2) is 36.4 Å². The van der Waals surface area contributed by atoms with Gasteiger partial charge in [0.25, 0.3) is 5.91 Å². The van der Waals surface area contributed by atoms with Crippen molar-refractivity contribution in [2.45, 2.75) is 0 Å². The smallest absolute Gasteiger partial charge is 0.272 e. The molecule has 1 heterocycles. The summed E-state index contributed by atoms with van der Waals surface area (Å²) >= 11 is 3.27. The average Bonchev–Trinajstić information content (AvgIpc) is 2.85. The minimum Gasteiger partial charge on any atom is -0.503 e. The van der Waals surface area contributed by atoms with Crippen LogP contribution in [0, 0.1) is 0 Å². The monoisotopic (exact) mass is 505 g/mol. The Balaban J connectivity index is 1.69. The van der Waals surface area contributed by atoms with Crippen molar-refractivity contribution in [2.75, 3.05) is 14.2 Å². The summed E-state index contributed by atoms with van der Waals surface area (Å²) < 4.78 is 10.9. The van der Waals surface area contributed by atoms with E-state index in [1.165, 1.54) is 13.3 Å².